The van der Waals surface area contributed by atoms with E-state index < -0.39 is 0 Å². The highest BCUT2D eigenvalue weighted by Gasteiger charge is 2.30. The maximum atomic E-state index is 13.5. The molecule has 2 N–H and O–H groups in total. The Kier molecular flexibility index (Phi) is 3.39. The van der Waals surface area contributed by atoms with Gasteiger partial charge in [-0.1, -0.05) is 13.8 Å². The minimum absolute atomic E-state index is 0.255. The first-order valence-electron chi connectivity index (χ1n) is 7.29. The molecule has 0 amide bonds. The first-order chi connectivity index (χ1) is 9.96. The van der Waals surface area contributed by atoms with Crippen molar-refractivity contribution in [1.29, 1.82) is 0 Å². The van der Waals surface area contributed by atoms with Crippen molar-refractivity contribution in [3.8, 4) is 11.4 Å². The van der Waals surface area contributed by atoms with E-state index in [2.05, 4.69) is 29.4 Å². The monoisotopic (exact) mass is 289 g/mol. The summed E-state index contributed by atoms with van der Waals surface area (Å²) in [5.74, 6) is 0.218. The number of anilines is 1. The largest absolute Gasteiger partial charge is 0.398 e. The number of hydrogen-bond acceptors (Lipinski definition) is 4. The van der Waals surface area contributed by atoms with Gasteiger partial charge in [0.05, 0.1) is 6.04 Å². The first kappa shape index (κ1) is 14.0. The first-order valence-corrected chi connectivity index (χ1v) is 7.29. The van der Waals surface area contributed by atoms with Crippen LogP contribution in [0, 0.1) is 11.2 Å². The molecule has 21 heavy (non-hydrogen) atoms. The topological polar surface area (TPSA) is 69.6 Å². The number of halogens is 1. The Morgan fingerprint density at radius 1 is 1.29 bits per heavy atom. The van der Waals surface area contributed by atoms with Crippen LogP contribution in [0.5, 0.6) is 0 Å². The summed E-state index contributed by atoms with van der Waals surface area (Å²) in [6.45, 7) is 4.57. The Morgan fingerprint density at radius 2 is 2.00 bits per heavy atom. The molecule has 6 heteroatoms. The standard InChI is InChI=1S/C15H20FN5/c1-15(2)7-5-11(6-8-15)21-14(18-19-20-21)12-9-10(16)3-4-13(12)17/h3-4,9,11H,5-8,17H2,1-2H3. The average molecular weight is 289 g/mol. The molecule has 0 unspecified atom stereocenters. The number of nitrogens with two attached hydrogens (primary N) is 1. The number of tetrazole rings is 1. The van der Waals surface area contributed by atoms with Gasteiger partial charge >= 0.3 is 0 Å². The maximum absolute atomic E-state index is 13.5. The summed E-state index contributed by atoms with van der Waals surface area (Å²) >= 11 is 0. The minimum Gasteiger partial charge on any atom is -0.398 e. The highest BCUT2D eigenvalue weighted by molar-refractivity contribution is 5.71. The second kappa shape index (κ2) is 5.09. The highest BCUT2D eigenvalue weighted by atomic mass is 19.1. The minimum atomic E-state index is -0.335. The number of aromatic nitrogens is 4. The number of hydrogen-bond donors (Lipinski definition) is 1. The van der Waals surface area contributed by atoms with Gasteiger partial charge in [0.15, 0.2) is 5.82 Å². The van der Waals surface area contributed by atoms with Gasteiger partial charge in [0.2, 0.25) is 0 Å². The molecule has 2 aromatic rings. The summed E-state index contributed by atoms with van der Waals surface area (Å²) < 4.78 is 15.3. The van der Waals surface area contributed by atoms with E-state index in [0.717, 1.165) is 25.7 Å². The number of nitrogen functional groups attached to an aromatic ring is 1. The van der Waals surface area contributed by atoms with E-state index >= 15 is 0 Å². The van der Waals surface area contributed by atoms with Crippen LogP contribution < -0.4 is 5.73 Å². The average Bonchev–Trinajstić information content (AvgIpc) is 2.90. The summed E-state index contributed by atoms with van der Waals surface area (Å²) in [5, 5.41) is 11.9. The molecule has 112 valence electrons. The summed E-state index contributed by atoms with van der Waals surface area (Å²) in [6.07, 6.45) is 4.33. The van der Waals surface area contributed by atoms with Gasteiger partial charge in [-0.25, -0.2) is 9.07 Å². The fraction of sp³-hybridized carbons (Fsp3) is 0.533. The highest BCUT2D eigenvalue weighted by Crippen LogP contribution is 2.41. The van der Waals surface area contributed by atoms with E-state index in [1.165, 1.54) is 12.1 Å². The molecule has 1 aliphatic rings. The van der Waals surface area contributed by atoms with Gasteiger partial charge in [-0.3, -0.25) is 0 Å². The molecule has 0 saturated heterocycles. The molecule has 1 heterocycles. The van der Waals surface area contributed by atoms with E-state index in [1.807, 2.05) is 0 Å². The van der Waals surface area contributed by atoms with Crippen LogP contribution in [-0.2, 0) is 0 Å². The smallest absolute Gasteiger partial charge is 0.184 e. The second-order valence-electron chi connectivity index (χ2n) is 6.57. The third-order valence-electron chi connectivity index (χ3n) is 4.40. The molecular formula is C15H20FN5. The molecular weight excluding hydrogens is 269 g/mol. The number of benzene rings is 1. The molecule has 1 saturated carbocycles. The van der Waals surface area contributed by atoms with Crippen LogP contribution in [0.3, 0.4) is 0 Å². The van der Waals surface area contributed by atoms with Gasteiger partial charge in [0, 0.05) is 11.3 Å². The van der Waals surface area contributed by atoms with E-state index in [4.69, 9.17) is 5.73 Å². The lowest BCUT2D eigenvalue weighted by Gasteiger charge is -2.34. The van der Waals surface area contributed by atoms with Crippen molar-refractivity contribution in [2.45, 2.75) is 45.6 Å². The van der Waals surface area contributed by atoms with Gasteiger partial charge in [-0.15, -0.1) is 5.10 Å². The van der Waals surface area contributed by atoms with Gasteiger partial charge in [-0.05, 0) is 59.7 Å². The van der Waals surface area contributed by atoms with E-state index in [9.17, 15) is 4.39 Å². The fourth-order valence-corrected chi connectivity index (χ4v) is 2.97. The predicted octanol–water partition coefficient (Wildman–Crippen LogP) is 3.20. The molecule has 0 bridgehead atoms. The normalized spacial score (nSPS) is 18.8. The van der Waals surface area contributed by atoms with Crippen LogP contribution in [0.4, 0.5) is 10.1 Å². The zero-order valence-electron chi connectivity index (χ0n) is 12.4. The van der Waals surface area contributed by atoms with Gasteiger partial charge in [-0.2, -0.15) is 0 Å². The summed E-state index contributed by atoms with van der Waals surface area (Å²) in [5.41, 5.74) is 7.37. The van der Waals surface area contributed by atoms with Gasteiger partial charge in [0.1, 0.15) is 5.82 Å². The van der Waals surface area contributed by atoms with Crippen molar-refractivity contribution in [1.82, 2.24) is 20.2 Å². The maximum Gasteiger partial charge on any atom is 0.184 e. The van der Waals surface area contributed by atoms with Crippen LogP contribution in [0.1, 0.15) is 45.6 Å². The molecule has 1 aromatic heterocycles. The molecule has 0 aliphatic heterocycles. The quantitative estimate of drug-likeness (QED) is 0.862. The Labute approximate surface area is 123 Å². The van der Waals surface area contributed by atoms with Crippen LogP contribution in [0.15, 0.2) is 18.2 Å². The van der Waals surface area contributed by atoms with Crippen LogP contribution in [0.2, 0.25) is 0 Å². The van der Waals surface area contributed by atoms with Gasteiger partial charge in [0.25, 0.3) is 0 Å². The molecule has 1 fully saturated rings. The molecule has 0 atom stereocenters. The van der Waals surface area contributed by atoms with Crippen molar-refractivity contribution in [3.05, 3.63) is 24.0 Å². The summed E-state index contributed by atoms with van der Waals surface area (Å²) in [7, 11) is 0. The fourth-order valence-electron chi connectivity index (χ4n) is 2.97. The van der Waals surface area contributed by atoms with Crippen LogP contribution in [-0.4, -0.2) is 20.2 Å². The van der Waals surface area contributed by atoms with Crippen LogP contribution in [0.25, 0.3) is 11.4 Å². The molecule has 1 aliphatic carbocycles. The number of nitrogens with zero attached hydrogens (tertiary/aromatic N) is 4. The zero-order chi connectivity index (χ0) is 15.0. The van der Waals surface area contributed by atoms with Crippen molar-refractivity contribution in [3.63, 3.8) is 0 Å². The SMILES string of the molecule is CC1(C)CCC(n2nnnc2-c2cc(F)ccc2N)CC1. The summed E-state index contributed by atoms with van der Waals surface area (Å²) in [4.78, 5) is 0. The lowest BCUT2D eigenvalue weighted by atomic mass is 9.75. The lowest BCUT2D eigenvalue weighted by molar-refractivity contribution is 0.185. The van der Waals surface area contributed by atoms with Gasteiger partial charge < -0.3 is 5.73 Å². The number of rotatable bonds is 2. The predicted molar refractivity (Wildman–Crippen MR) is 78.9 cm³/mol. The molecule has 3 rings (SSSR count). The van der Waals surface area contributed by atoms with Crippen molar-refractivity contribution in [2.75, 3.05) is 5.73 Å². The van der Waals surface area contributed by atoms with Crippen molar-refractivity contribution in [2.24, 2.45) is 5.41 Å². The van der Waals surface area contributed by atoms with E-state index in [1.54, 1.807) is 10.7 Å². The van der Waals surface area contributed by atoms with E-state index in [0.29, 0.717) is 22.5 Å². The Balaban J connectivity index is 1.93. The second-order valence-corrected chi connectivity index (χ2v) is 6.57. The van der Waals surface area contributed by atoms with Crippen molar-refractivity contribution < 1.29 is 4.39 Å². The Bertz CT molecular complexity index is 639. The molecule has 0 radical (unpaired) electrons. The Hall–Kier alpha value is -1.98. The Morgan fingerprint density at radius 3 is 2.71 bits per heavy atom. The lowest BCUT2D eigenvalue weighted by Crippen LogP contribution is -2.24. The summed E-state index contributed by atoms with van der Waals surface area (Å²) in [6, 6.07) is 4.54. The zero-order valence-corrected chi connectivity index (χ0v) is 12.4. The molecule has 0 spiro atoms. The van der Waals surface area contributed by atoms with Crippen LogP contribution >= 0.6 is 0 Å². The third-order valence-corrected chi connectivity index (χ3v) is 4.40. The molecule has 1 aromatic carbocycles. The van der Waals surface area contributed by atoms with Crippen molar-refractivity contribution >= 4 is 5.69 Å². The molecule has 5 nitrogen and oxygen atoms in total. The van der Waals surface area contributed by atoms with E-state index in [-0.39, 0.29) is 11.9 Å². The third kappa shape index (κ3) is 2.75.